The smallest absolute Gasteiger partial charge is 0.134 e. The molecule has 0 unspecified atom stereocenters. The lowest BCUT2D eigenvalue weighted by Crippen LogP contribution is -2.41. The van der Waals surface area contributed by atoms with E-state index in [0.717, 1.165) is 31.3 Å². The Balaban J connectivity index is 1.95. The van der Waals surface area contributed by atoms with Crippen LogP contribution in [-0.2, 0) is 0 Å². The summed E-state index contributed by atoms with van der Waals surface area (Å²) < 4.78 is 0. The van der Waals surface area contributed by atoms with Gasteiger partial charge >= 0.3 is 0 Å². The van der Waals surface area contributed by atoms with Crippen molar-refractivity contribution in [2.45, 2.75) is 32.7 Å². The van der Waals surface area contributed by atoms with Crippen LogP contribution < -0.4 is 15.5 Å². The monoisotopic (exact) mass is 263 g/mol. The van der Waals surface area contributed by atoms with Gasteiger partial charge in [0.15, 0.2) is 0 Å². The molecule has 5 nitrogen and oxygen atoms in total. The third-order valence-electron chi connectivity index (χ3n) is 3.57. The molecule has 1 aliphatic rings. The first-order valence-corrected chi connectivity index (χ1v) is 7.17. The molecule has 1 aromatic rings. The van der Waals surface area contributed by atoms with Crippen LogP contribution in [0.25, 0.3) is 0 Å². The predicted octanol–water partition coefficient (Wildman–Crippen LogP) is 1.73. The van der Waals surface area contributed by atoms with Crippen LogP contribution >= 0.6 is 0 Å². The van der Waals surface area contributed by atoms with E-state index in [4.69, 9.17) is 0 Å². The van der Waals surface area contributed by atoms with E-state index in [1.165, 1.54) is 12.8 Å². The Morgan fingerprint density at radius 3 is 2.68 bits per heavy atom. The molecule has 1 aliphatic heterocycles. The average molecular weight is 263 g/mol. The molecule has 1 aromatic heterocycles. The molecule has 19 heavy (non-hydrogen) atoms. The third-order valence-corrected chi connectivity index (χ3v) is 3.57. The SMILES string of the molecule is CNC1CCN(c2cc(NCC(C)C)ncn2)CC1. The van der Waals surface area contributed by atoms with Crippen LogP contribution in [0.3, 0.4) is 0 Å². The fraction of sp³-hybridized carbons (Fsp3) is 0.714. The maximum atomic E-state index is 4.40. The summed E-state index contributed by atoms with van der Waals surface area (Å²) in [7, 11) is 2.04. The predicted molar refractivity (Wildman–Crippen MR) is 79.7 cm³/mol. The Hall–Kier alpha value is -1.36. The molecule has 106 valence electrons. The number of nitrogens with zero attached hydrogens (tertiary/aromatic N) is 3. The molecule has 0 atom stereocenters. The van der Waals surface area contributed by atoms with Gasteiger partial charge < -0.3 is 15.5 Å². The molecular weight excluding hydrogens is 238 g/mol. The third kappa shape index (κ3) is 4.06. The first kappa shape index (κ1) is 14.1. The van der Waals surface area contributed by atoms with Crippen molar-refractivity contribution in [3.8, 4) is 0 Å². The molecule has 0 radical (unpaired) electrons. The Labute approximate surface area is 115 Å². The summed E-state index contributed by atoms with van der Waals surface area (Å²) in [5.41, 5.74) is 0. The van der Waals surface area contributed by atoms with Crippen molar-refractivity contribution in [1.82, 2.24) is 15.3 Å². The molecule has 2 rings (SSSR count). The molecule has 0 aliphatic carbocycles. The molecule has 0 bridgehead atoms. The van der Waals surface area contributed by atoms with E-state index in [1.54, 1.807) is 6.33 Å². The normalized spacial score (nSPS) is 16.9. The van der Waals surface area contributed by atoms with E-state index in [1.807, 2.05) is 7.05 Å². The van der Waals surface area contributed by atoms with Crippen molar-refractivity contribution in [3.05, 3.63) is 12.4 Å². The number of aromatic nitrogens is 2. The van der Waals surface area contributed by atoms with E-state index >= 15 is 0 Å². The fourth-order valence-electron chi connectivity index (χ4n) is 2.32. The van der Waals surface area contributed by atoms with Gasteiger partial charge in [-0.3, -0.25) is 0 Å². The highest BCUT2D eigenvalue weighted by molar-refractivity contribution is 5.48. The highest BCUT2D eigenvalue weighted by Crippen LogP contribution is 2.19. The minimum atomic E-state index is 0.616. The van der Waals surface area contributed by atoms with E-state index in [9.17, 15) is 0 Å². The van der Waals surface area contributed by atoms with Crippen LogP contribution in [0.15, 0.2) is 12.4 Å². The topological polar surface area (TPSA) is 53.1 Å². The molecule has 0 amide bonds. The van der Waals surface area contributed by atoms with Gasteiger partial charge in [0.1, 0.15) is 18.0 Å². The van der Waals surface area contributed by atoms with Crippen LogP contribution in [0.2, 0.25) is 0 Å². The summed E-state index contributed by atoms with van der Waals surface area (Å²) in [6, 6.07) is 2.71. The zero-order valence-electron chi connectivity index (χ0n) is 12.2. The van der Waals surface area contributed by atoms with Crippen LogP contribution in [0.1, 0.15) is 26.7 Å². The maximum Gasteiger partial charge on any atom is 0.134 e. The zero-order chi connectivity index (χ0) is 13.7. The Morgan fingerprint density at radius 2 is 2.05 bits per heavy atom. The van der Waals surface area contributed by atoms with Gasteiger partial charge in [-0.05, 0) is 25.8 Å². The second kappa shape index (κ2) is 6.70. The van der Waals surface area contributed by atoms with Crippen LogP contribution in [0.4, 0.5) is 11.6 Å². The van der Waals surface area contributed by atoms with E-state index in [0.29, 0.717) is 12.0 Å². The van der Waals surface area contributed by atoms with Crippen molar-refractivity contribution < 1.29 is 0 Å². The average Bonchev–Trinajstić information content (AvgIpc) is 2.45. The fourth-order valence-corrected chi connectivity index (χ4v) is 2.32. The number of piperidine rings is 1. The largest absolute Gasteiger partial charge is 0.370 e. The quantitative estimate of drug-likeness (QED) is 0.847. The molecule has 1 saturated heterocycles. The van der Waals surface area contributed by atoms with Crippen molar-refractivity contribution >= 4 is 11.6 Å². The van der Waals surface area contributed by atoms with Gasteiger partial charge in [-0.1, -0.05) is 13.8 Å². The second-order valence-corrected chi connectivity index (χ2v) is 5.59. The number of anilines is 2. The zero-order valence-corrected chi connectivity index (χ0v) is 12.2. The van der Waals surface area contributed by atoms with Crippen molar-refractivity contribution in [3.63, 3.8) is 0 Å². The summed E-state index contributed by atoms with van der Waals surface area (Å²) in [6.45, 7) is 7.45. The summed E-state index contributed by atoms with van der Waals surface area (Å²) >= 11 is 0. The molecule has 0 aromatic carbocycles. The first-order chi connectivity index (χ1) is 9.19. The van der Waals surface area contributed by atoms with Crippen LogP contribution in [-0.4, -0.2) is 42.7 Å². The number of hydrogen-bond acceptors (Lipinski definition) is 5. The summed E-state index contributed by atoms with van der Waals surface area (Å²) in [5.74, 6) is 2.58. The van der Waals surface area contributed by atoms with E-state index in [2.05, 4.69) is 45.4 Å². The van der Waals surface area contributed by atoms with Gasteiger partial charge in [0.2, 0.25) is 0 Å². The Morgan fingerprint density at radius 1 is 1.32 bits per heavy atom. The van der Waals surface area contributed by atoms with Gasteiger partial charge in [0.05, 0.1) is 0 Å². The number of rotatable bonds is 5. The number of hydrogen-bond donors (Lipinski definition) is 2. The van der Waals surface area contributed by atoms with Gasteiger partial charge in [-0.2, -0.15) is 0 Å². The molecule has 0 saturated carbocycles. The highest BCUT2D eigenvalue weighted by Gasteiger charge is 2.18. The Kier molecular flexibility index (Phi) is 4.96. The summed E-state index contributed by atoms with van der Waals surface area (Å²) in [6.07, 6.45) is 4.01. The second-order valence-electron chi connectivity index (χ2n) is 5.59. The molecule has 5 heteroatoms. The molecule has 2 heterocycles. The van der Waals surface area contributed by atoms with Gasteiger partial charge in [0.25, 0.3) is 0 Å². The lowest BCUT2D eigenvalue weighted by molar-refractivity contribution is 0.440. The number of nitrogens with one attached hydrogen (secondary N) is 2. The van der Waals surface area contributed by atoms with E-state index in [-0.39, 0.29) is 0 Å². The summed E-state index contributed by atoms with van der Waals surface area (Å²) in [5, 5.41) is 6.70. The van der Waals surface area contributed by atoms with Crippen molar-refractivity contribution in [1.29, 1.82) is 0 Å². The highest BCUT2D eigenvalue weighted by atomic mass is 15.2. The molecular formula is C14H25N5. The minimum absolute atomic E-state index is 0.616. The maximum absolute atomic E-state index is 4.40. The standard InChI is InChI=1S/C14H25N5/c1-11(2)9-16-13-8-14(18-10-17-13)19-6-4-12(15-3)5-7-19/h8,10-12,15H,4-7,9H2,1-3H3,(H,16,17,18). The molecule has 1 fully saturated rings. The first-order valence-electron chi connectivity index (χ1n) is 7.17. The van der Waals surface area contributed by atoms with Gasteiger partial charge in [0, 0.05) is 31.7 Å². The van der Waals surface area contributed by atoms with Crippen LogP contribution in [0.5, 0.6) is 0 Å². The molecule has 0 spiro atoms. The van der Waals surface area contributed by atoms with Gasteiger partial charge in [-0.15, -0.1) is 0 Å². The Bertz CT molecular complexity index is 385. The lowest BCUT2D eigenvalue weighted by Gasteiger charge is -2.32. The van der Waals surface area contributed by atoms with Crippen molar-refractivity contribution in [2.75, 3.05) is 36.9 Å². The lowest BCUT2D eigenvalue weighted by atomic mass is 10.1. The van der Waals surface area contributed by atoms with Gasteiger partial charge in [-0.25, -0.2) is 9.97 Å². The van der Waals surface area contributed by atoms with E-state index < -0.39 is 0 Å². The van der Waals surface area contributed by atoms with Crippen molar-refractivity contribution in [2.24, 2.45) is 5.92 Å². The summed E-state index contributed by atoms with van der Waals surface area (Å²) in [4.78, 5) is 11.0. The van der Waals surface area contributed by atoms with Crippen LogP contribution in [0, 0.1) is 5.92 Å². The minimum Gasteiger partial charge on any atom is -0.370 e. The molecule has 2 N–H and O–H groups in total.